The van der Waals surface area contributed by atoms with E-state index in [9.17, 15) is 0 Å². The number of hydrogen-bond donors (Lipinski definition) is 0. The zero-order valence-electron chi connectivity index (χ0n) is 28.8. The van der Waals surface area contributed by atoms with E-state index < -0.39 is 0 Å². The second-order valence-electron chi connectivity index (χ2n) is 13.8. The normalized spacial score (nSPS) is 11.8. The molecule has 0 radical (unpaired) electrons. The second kappa shape index (κ2) is 11.9. The van der Waals surface area contributed by atoms with E-state index in [1.807, 2.05) is 11.3 Å². The molecule has 0 unspecified atom stereocenters. The number of hydrogen-bond acceptors (Lipinski definition) is 2. The van der Waals surface area contributed by atoms with Gasteiger partial charge in [0.1, 0.15) is 0 Å². The van der Waals surface area contributed by atoms with Gasteiger partial charge in [-0.1, -0.05) is 133 Å². The Morgan fingerprint density at radius 1 is 0.377 bits per heavy atom. The lowest BCUT2D eigenvalue weighted by Gasteiger charge is -2.27. The summed E-state index contributed by atoms with van der Waals surface area (Å²) < 4.78 is 5.00. The molecule has 0 spiro atoms. The lowest BCUT2D eigenvalue weighted by Crippen LogP contribution is -2.11. The van der Waals surface area contributed by atoms with Crippen molar-refractivity contribution >= 4 is 91.9 Å². The maximum absolute atomic E-state index is 2.46. The van der Waals surface area contributed by atoms with E-state index in [0.717, 1.165) is 22.7 Å². The Morgan fingerprint density at radius 2 is 0.925 bits per heavy atom. The van der Waals surface area contributed by atoms with E-state index in [1.54, 1.807) is 0 Å². The van der Waals surface area contributed by atoms with Crippen molar-refractivity contribution in [3.8, 4) is 16.8 Å². The van der Waals surface area contributed by atoms with Gasteiger partial charge in [-0.15, -0.1) is 11.3 Å². The van der Waals surface area contributed by atoms with E-state index in [4.69, 9.17) is 0 Å². The largest absolute Gasteiger partial charge is 0.309 e. The Labute approximate surface area is 311 Å². The first-order valence-electron chi connectivity index (χ1n) is 18.1. The summed E-state index contributed by atoms with van der Waals surface area (Å²) in [6, 6.07) is 71.1. The maximum Gasteiger partial charge on any atom is 0.0661 e. The molecule has 11 aromatic rings. The molecule has 0 aliphatic rings. The molecule has 3 heteroatoms. The van der Waals surface area contributed by atoms with Crippen LogP contribution in [0.1, 0.15) is 0 Å². The van der Waals surface area contributed by atoms with Gasteiger partial charge in [-0.05, 0) is 93.3 Å². The Morgan fingerprint density at radius 3 is 1.64 bits per heavy atom. The fraction of sp³-hybridized carbons (Fsp3) is 0. The summed E-state index contributed by atoms with van der Waals surface area (Å²) in [5.41, 5.74) is 9.37. The Hall–Kier alpha value is -6.68. The highest BCUT2D eigenvalue weighted by Crippen LogP contribution is 2.47. The van der Waals surface area contributed by atoms with Gasteiger partial charge in [0, 0.05) is 43.3 Å². The molecule has 11 rings (SSSR count). The van der Waals surface area contributed by atoms with Crippen molar-refractivity contribution in [1.82, 2.24) is 4.57 Å². The number of anilines is 3. The summed E-state index contributed by atoms with van der Waals surface area (Å²) >= 11 is 1.87. The molecular weight excluding hydrogens is 661 g/mol. The van der Waals surface area contributed by atoms with Gasteiger partial charge in [0.05, 0.1) is 21.4 Å². The molecule has 0 aliphatic heterocycles. The van der Waals surface area contributed by atoms with Crippen LogP contribution in [0.3, 0.4) is 0 Å². The minimum Gasteiger partial charge on any atom is -0.309 e. The number of benzene rings is 9. The van der Waals surface area contributed by atoms with Crippen LogP contribution in [0.5, 0.6) is 0 Å². The van der Waals surface area contributed by atoms with Gasteiger partial charge < -0.3 is 9.47 Å². The average molecular weight is 693 g/mol. The molecule has 0 saturated carbocycles. The molecule has 0 N–H and O–H groups in total. The van der Waals surface area contributed by atoms with Gasteiger partial charge in [-0.2, -0.15) is 0 Å². The van der Waals surface area contributed by atoms with Crippen LogP contribution in [0.4, 0.5) is 17.1 Å². The molecule has 2 aromatic heterocycles. The van der Waals surface area contributed by atoms with Crippen LogP contribution < -0.4 is 4.90 Å². The number of fused-ring (bicyclic) bond motifs is 8. The molecule has 0 saturated heterocycles. The lowest BCUT2D eigenvalue weighted by atomic mass is 10.0. The van der Waals surface area contributed by atoms with Crippen molar-refractivity contribution in [3.05, 3.63) is 194 Å². The van der Waals surface area contributed by atoms with E-state index in [-0.39, 0.29) is 0 Å². The Kier molecular flexibility index (Phi) is 6.76. The SMILES string of the molecule is c1ccc2cc(-c3ccc(N(c4ccc5ccccc5c4)c4cc(-n5c6ccccc6c6ccccc65)cc5c4sc4ccccc45)cc3)ccc2c1. The van der Waals surface area contributed by atoms with Crippen molar-refractivity contribution in [2.45, 2.75) is 0 Å². The molecule has 0 amide bonds. The highest BCUT2D eigenvalue weighted by atomic mass is 32.1. The summed E-state index contributed by atoms with van der Waals surface area (Å²) in [7, 11) is 0. The van der Waals surface area contributed by atoms with Crippen molar-refractivity contribution in [3.63, 3.8) is 0 Å². The van der Waals surface area contributed by atoms with Crippen LogP contribution in [0.2, 0.25) is 0 Å². The summed E-state index contributed by atoms with van der Waals surface area (Å²) in [4.78, 5) is 2.46. The number of rotatable bonds is 5. The number of thiophene rings is 1. The molecule has 2 heterocycles. The summed E-state index contributed by atoms with van der Waals surface area (Å²) in [5, 5.41) is 10.0. The van der Waals surface area contributed by atoms with Crippen molar-refractivity contribution in [2.75, 3.05) is 4.90 Å². The van der Waals surface area contributed by atoms with Gasteiger partial charge in [0.15, 0.2) is 0 Å². The van der Waals surface area contributed by atoms with Crippen LogP contribution >= 0.6 is 11.3 Å². The first kappa shape index (κ1) is 30.0. The van der Waals surface area contributed by atoms with Crippen molar-refractivity contribution in [2.24, 2.45) is 0 Å². The third kappa shape index (κ3) is 4.86. The smallest absolute Gasteiger partial charge is 0.0661 e. The molecule has 0 fully saturated rings. The van der Waals surface area contributed by atoms with Gasteiger partial charge >= 0.3 is 0 Å². The van der Waals surface area contributed by atoms with Gasteiger partial charge in [0.25, 0.3) is 0 Å². The molecule has 2 nitrogen and oxygen atoms in total. The van der Waals surface area contributed by atoms with E-state index in [2.05, 4.69) is 204 Å². The number of aromatic nitrogens is 1. The molecule has 9 aromatic carbocycles. The lowest BCUT2D eigenvalue weighted by molar-refractivity contribution is 1.18. The van der Waals surface area contributed by atoms with Crippen LogP contribution in [0, 0.1) is 0 Å². The monoisotopic (exact) mass is 692 g/mol. The van der Waals surface area contributed by atoms with E-state index >= 15 is 0 Å². The van der Waals surface area contributed by atoms with Crippen LogP contribution in [0.15, 0.2) is 194 Å². The molecule has 0 bridgehead atoms. The summed E-state index contributed by atoms with van der Waals surface area (Å²) in [6.07, 6.45) is 0. The van der Waals surface area contributed by atoms with Crippen molar-refractivity contribution < 1.29 is 0 Å². The third-order valence-corrected chi connectivity index (χ3v) is 11.9. The standard InChI is InChI=1S/C50H32N2S/c1-3-13-36-29-38(22-21-33(36)11-1)35-23-26-39(27-24-35)51(40-28-25-34-12-2-4-14-37(34)30-40)48-32-41(31-45-44-17-7-10-20-49(44)53-50(45)48)52-46-18-8-5-15-42(46)43-16-6-9-19-47(43)52/h1-32H. The summed E-state index contributed by atoms with van der Waals surface area (Å²) in [6.45, 7) is 0. The molecular formula is C50H32N2S. The fourth-order valence-corrected chi connectivity index (χ4v) is 9.39. The summed E-state index contributed by atoms with van der Waals surface area (Å²) in [5.74, 6) is 0. The minimum atomic E-state index is 1.11. The first-order chi connectivity index (χ1) is 26.3. The maximum atomic E-state index is 2.46. The van der Waals surface area contributed by atoms with Crippen molar-refractivity contribution in [1.29, 1.82) is 0 Å². The molecule has 0 aliphatic carbocycles. The molecule has 248 valence electrons. The van der Waals surface area contributed by atoms with Crippen LogP contribution in [-0.4, -0.2) is 4.57 Å². The Bertz CT molecular complexity index is 3130. The first-order valence-corrected chi connectivity index (χ1v) is 18.9. The van der Waals surface area contributed by atoms with Gasteiger partial charge in [-0.3, -0.25) is 0 Å². The highest BCUT2D eigenvalue weighted by Gasteiger charge is 2.22. The predicted molar refractivity (Wildman–Crippen MR) is 229 cm³/mol. The second-order valence-corrected chi connectivity index (χ2v) is 14.8. The fourth-order valence-electron chi connectivity index (χ4n) is 8.20. The molecule has 0 atom stereocenters. The topological polar surface area (TPSA) is 8.17 Å². The van der Waals surface area contributed by atoms with Crippen LogP contribution in [-0.2, 0) is 0 Å². The number of para-hydroxylation sites is 2. The zero-order valence-corrected chi connectivity index (χ0v) is 29.6. The van der Waals surface area contributed by atoms with E-state index in [1.165, 1.54) is 74.6 Å². The zero-order chi connectivity index (χ0) is 34.9. The van der Waals surface area contributed by atoms with Crippen LogP contribution in [0.25, 0.3) is 80.3 Å². The average Bonchev–Trinajstić information content (AvgIpc) is 3.77. The predicted octanol–water partition coefficient (Wildman–Crippen LogP) is 14.6. The quantitative estimate of drug-likeness (QED) is 0.174. The van der Waals surface area contributed by atoms with Gasteiger partial charge in [-0.25, -0.2) is 0 Å². The molecule has 53 heavy (non-hydrogen) atoms. The number of nitrogens with zero attached hydrogens (tertiary/aromatic N) is 2. The van der Waals surface area contributed by atoms with E-state index in [0.29, 0.717) is 0 Å². The third-order valence-electron chi connectivity index (χ3n) is 10.7. The Balaban J connectivity index is 1.18. The minimum absolute atomic E-state index is 1.11. The van der Waals surface area contributed by atoms with Gasteiger partial charge in [0.2, 0.25) is 0 Å². The highest BCUT2D eigenvalue weighted by molar-refractivity contribution is 7.26.